The minimum absolute atomic E-state index is 0.233. The Kier molecular flexibility index (Phi) is 2.97. The second kappa shape index (κ2) is 4.26. The molecule has 2 rings (SSSR count). The van der Waals surface area contributed by atoms with Crippen LogP contribution in [0.5, 0.6) is 0 Å². The van der Waals surface area contributed by atoms with Crippen molar-refractivity contribution in [1.29, 1.82) is 0 Å². The second-order valence-corrected chi connectivity index (χ2v) is 4.61. The normalized spacial score (nSPS) is 28.2. The Hall–Kier alpha value is -1.35. The SMILES string of the molecule is CC1CC(O)(C(=O)OCc2ccccc2)C1. The van der Waals surface area contributed by atoms with Gasteiger partial charge < -0.3 is 9.84 Å². The maximum absolute atomic E-state index is 11.6. The molecule has 1 N–H and O–H groups in total. The fourth-order valence-electron chi connectivity index (χ4n) is 2.12. The van der Waals surface area contributed by atoms with E-state index in [0.717, 1.165) is 5.56 Å². The van der Waals surface area contributed by atoms with Gasteiger partial charge in [0.2, 0.25) is 0 Å². The first kappa shape index (κ1) is 11.1. The van der Waals surface area contributed by atoms with E-state index < -0.39 is 11.6 Å². The lowest BCUT2D eigenvalue weighted by Crippen LogP contribution is -2.50. The Morgan fingerprint density at radius 1 is 1.44 bits per heavy atom. The van der Waals surface area contributed by atoms with Crippen LogP contribution >= 0.6 is 0 Å². The zero-order valence-electron chi connectivity index (χ0n) is 9.35. The molecule has 0 saturated heterocycles. The van der Waals surface area contributed by atoms with Crippen molar-refractivity contribution in [3.63, 3.8) is 0 Å². The molecule has 0 bridgehead atoms. The van der Waals surface area contributed by atoms with Crippen molar-refractivity contribution in [2.45, 2.75) is 32.0 Å². The number of rotatable bonds is 3. The molecule has 0 heterocycles. The van der Waals surface area contributed by atoms with Gasteiger partial charge in [0.15, 0.2) is 5.60 Å². The number of benzene rings is 1. The standard InChI is InChI=1S/C13H16O3/c1-10-7-13(15,8-10)12(14)16-9-11-5-3-2-4-6-11/h2-6,10,15H,7-9H2,1H3. The van der Waals surface area contributed by atoms with Crippen LogP contribution in [-0.4, -0.2) is 16.7 Å². The van der Waals surface area contributed by atoms with E-state index >= 15 is 0 Å². The van der Waals surface area contributed by atoms with Crippen molar-refractivity contribution < 1.29 is 14.6 Å². The van der Waals surface area contributed by atoms with E-state index in [2.05, 4.69) is 0 Å². The summed E-state index contributed by atoms with van der Waals surface area (Å²) in [5.74, 6) is -0.0799. The summed E-state index contributed by atoms with van der Waals surface area (Å²) in [6.07, 6.45) is 1.03. The molecule has 0 radical (unpaired) electrons. The fourth-order valence-corrected chi connectivity index (χ4v) is 2.12. The number of hydrogen-bond donors (Lipinski definition) is 1. The lowest BCUT2D eigenvalue weighted by Gasteiger charge is -2.39. The predicted molar refractivity (Wildman–Crippen MR) is 59.6 cm³/mol. The van der Waals surface area contributed by atoms with Gasteiger partial charge in [-0.15, -0.1) is 0 Å². The average Bonchev–Trinajstić information content (AvgIpc) is 2.25. The van der Waals surface area contributed by atoms with Crippen LogP contribution < -0.4 is 0 Å². The number of hydrogen-bond acceptors (Lipinski definition) is 3. The largest absolute Gasteiger partial charge is 0.459 e. The summed E-state index contributed by atoms with van der Waals surface area (Å²) in [6.45, 7) is 2.25. The van der Waals surface area contributed by atoms with Crippen molar-refractivity contribution in [3.05, 3.63) is 35.9 Å². The fraction of sp³-hybridized carbons (Fsp3) is 0.462. The highest BCUT2D eigenvalue weighted by Gasteiger charge is 2.48. The van der Waals surface area contributed by atoms with Crippen LogP contribution in [0.1, 0.15) is 25.3 Å². The predicted octanol–water partition coefficient (Wildman–Crippen LogP) is 1.89. The number of aliphatic hydroxyl groups is 1. The van der Waals surface area contributed by atoms with Gasteiger partial charge in [0.25, 0.3) is 0 Å². The van der Waals surface area contributed by atoms with Gasteiger partial charge in [-0.25, -0.2) is 4.79 Å². The van der Waals surface area contributed by atoms with Gasteiger partial charge in [-0.2, -0.15) is 0 Å². The van der Waals surface area contributed by atoms with E-state index in [1.807, 2.05) is 37.3 Å². The minimum Gasteiger partial charge on any atom is -0.459 e. The van der Waals surface area contributed by atoms with E-state index in [9.17, 15) is 9.90 Å². The van der Waals surface area contributed by atoms with Crippen molar-refractivity contribution in [1.82, 2.24) is 0 Å². The summed E-state index contributed by atoms with van der Waals surface area (Å²) in [5.41, 5.74) is -0.291. The maximum atomic E-state index is 11.6. The zero-order chi connectivity index (χ0) is 11.6. The molecule has 0 unspecified atom stereocenters. The van der Waals surface area contributed by atoms with Gasteiger partial charge in [-0.1, -0.05) is 37.3 Å². The lowest BCUT2D eigenvalue weighted by molar-refractivity contribution is -0.181. The first-order valence-electron chi connectivity index (χ1n) is 5.54. The van der Waals surface area contributed by atoms with E-state index in [1.54, 1.807) is 0 Å². The highest BCUT2D eigenvalue weighted by molar-refractivity contribution is 5.80. The van der Waals surface area contributed by atoms with Crippen LogP contribution in [0.2, 0.25) is 0 Å². The zero-order valence-corrected chi connectivity index (χ0v) is 9.35. The van der Waals surface area contributed by atoms with E-state index in [4.69, 9.17) is 4.74 Å². The van der Waals surface area contributed by atoms with E-state index in [1.165, 1.54) is 0 Å². The second-order valence-electron chi connectivity index (χ2n) is 4.61. The van der Waals surface area contributed by atoms with Crippen molar-refractivity contribution >= 4 is 5.97 Å². The van der Waals surface area contributed by atoms with Gasteiger partial charge in [0, 0.05) is 0 Å². The number of esters is 1. The van der Waals surface area contributed by atoms with E-state index in [0.29, 0.717) is 18.8 Å². The molecule has 0 amide bonds. The molecule has 1 aliphatic rings. The third-order valence-electron chi connectivity index (χ3n) is 2.97. The molecular weight excluding hydrogens is 204 g/mol. The summed E-state index contributed by atoms with van der Waals surface area (Å²) in [7, 11) is 0. The van der Waals surface area contributed by atoms with Crippen molar-refractivity contribution in [2.24, 2.45) is 5.92 Å². The first-order valence-corrected chi connectivity index (χ1v) is 5.54. The summed E-state index contributed by atoms with van der Waals surface area (Å²) in [6, 6.07) is 9.47. The van der Waals surface area contributed by atoms with Gasteiger partial charge in [0.1, 0.15) is 6.61 Å². The molecule has 0 spiro atoms. The molecule has 3 heteroatoms. The number of carbonyl (C=O) groups is 1. The van der Waals surface area contributed by atoms with Crippen molar-refractivity contribution in [3.8, 4) is 0 Å². The molecule has 1 aromatic carbocycles. The molecule has 86 valence electrons. The third kappa shape index (κ3) is 2.25. The molecule has 0 aliphatic heterocycles. The maximum Gasteiger partial charge on any atom is 0.338 e. The van der Waals surface area contributed by atoms with Crippen LogP contribution in [0.4, 0.5) is 0 Å². The number of ether oxygens (including phenoxy) is 1. The van der Waals surface area contributed by atoms with Crippen LogP contribution in [-0.2, 0) is 16.1 Å². The molecule has 0 aromatic heterocycles. The van der Waals surface area contributed by atoms with Gasteiger partial charge in [0.05, 0.1) is 0 Å². The quantitative estimate of drug-likeness (QED) is 0.791. The highest BCUT2D eigenvalue weighted by Crippen LogP contribution is 2.38. The van der Waals surface area contributed by atoms with E-state index in [-0.39, 0.29) is 6.61 Å². The molecule has 1 fully saturated rings. The van der Waals surface area contributed by atoms with Crippen LogP contribution in [0.3, 0.4) is 0 Å². The molecule has 3 nitrogen and oxygen atoms in total. The highest BCUT2D eigenvalue weighted by atomic mass is 16.5. The lowest BCUT2D eigenvalue weighted by atomic mass is 9.72. The summed E-state index contributed by atoms with van der Waals surface area (Å²) in [5, 5.41) is 9.85. The smallest absolute Gasteiger partial charge is 0.338 e. The Bertz CT molecular complexity index is 366. The summed E-state index contributed by atoms with van der Waals surface area (Å²) in [4.78, 5) is 11.6. The molecule has 1 aromatic rings. The van der Waals surface area contributed by atoms with Crippen LogP contribution in [0, 0.1) is 5.92 Å². The molecule has 1 aliphatic carbocycles. The van der Waals surface area contributed by atoms with Crippen LogP contribution in [0.25, 0.3) is 0 Å². The molecule has 16 heavy (non-hydrogen) atoms. The van der Waals surface area contributed by atoms with Crippen molar-refractivity contribution in [2.75, 3.05) is 0 Å². The monoisotopic (exact) mass is 220 g/mol. The Labute approximate surface area is 95.0 Å². The summed E-state index contributed by atoms with van der Waals surface area (Å²) >= 11 is 0. The molecule has 1 saturated carbocycles. The number of carbonyl (C=O) groups excluding carboxylic acids is 1. The minimum atomic E-state index is -1.23. The molecule has 0 atom stereocenters. The van der Waals surface area contributed by atoms with Gasteiger partial charge >= 0.3 is 5.97 Å². The van der Waals surface area contributed by atoms with Gasteiger partial charge in [-0.05, 0) is 24.3 Å². The average molecular weight is 220 g/mol. The topological polar surface area (TPSA) is 46.5 Å². The first-order chi connectivity index (χ1) is 7.60. The third-order valence-corrected chi connectivity index (χ3v) is 2.97. The Morgan fingerprint density at radius 2 is 2.06 bits per heavy atom. The Balaban J connectivity index is 1.85. The Morgan fingerprint density at radius 3 is 2.62 bits per heavy atom. The van der Waals surface area contributed by atoms with Crippen LogP contribution in [0.15, 0.2) is 30.3 Å². The van der Waals surface area contributed by atoms with Gasteiger partial charge in [-0.3, -0.25) is 0 Å². The summed E-state index contributed by atoms with van der Waals surface area (Å²) < 4.78 is 5.09. The molecular formula is C13H16O3.